The molecule has 6 nitrogen and oxygen atoms in total. The summed E-state index contributed by atoms with van der Waals surface area (Å²) in [5.41, 5.74) is 2.19. The Morgan fingerprint density at radius 1 is 0.889 bits per heavy atom. The Kier molecular flexibility index (Phi) is 5.21. The Labute approximate surface area is 155 Å². The molecule has 136 valence electrons. The van der Waals surface area contributed by atoms with Crippen LogP contribution in [0.4, 0.5) is 27.5 Å². The van der Waals surface area contributed by atoms with Crippen LogP contribution >= 0.6 is 0 Å². The third-order valence-electron chi connectivity index (χ3n) is 3.80. The van der Waals surface area contributed by atoms with Crippen molar-refractivity contribution in [2.45, 2.75) is 13.8 Å². The van der Waals surface area contributed by atoms with Crippen LogP contribution in [0, 0.1) is 5.82 Å². The third-order valence-corrected chi connectivity index (χ3v) is 3.80. The van der Waals surface area contributed by atoms with E-state index in [1.807, 2.05) is 0 Å². The molecule has 2 aromatic carbocycles. The second-order valence-corrected chi connectivity index (χ2v) is 5.91. The van der Waals surface area contributed by atoms with Gasteiger partial charge in [0.2, 0.25) is 5.95 Å². The zero-order valence-electron chi connectivity index (χ0n) is 14.8. The fourth-order valence-electron chi connectivity index (χ4n) is 2.41. The molecule has 0 aliphatic rings. The second-order valence-electron chi connectivity index (χ2n) is 5.91. The summed E-state index contributed by atoms with van der Waals surface area (Å²) < 4.78 is 14.1. The summed E-state index contributed by atoms with van der Waals surface area (Å²) in [5, 5.41) is 5.80. The Morgan fingerprint density at radius 2 is 1.44 bits per heavy atom. The minimum atomic E-state index is -0.633. The highest BCUT2D eigenvalue weighted by molar-refractivity contribution is 5.95. The first-order chi connectivity index (χ1) is 12.9. The summed E-state index contributed by atoms with van der Waals surface area (Å²) in [6.45, 7) is 2.94. The molecule has 3 rings (SSSR count). The van der Waals surface area contributed by atoms with Crippen molar-refractivity contribution in [3.05, 3.63) is 71.7 Å². The van der Waals surface area contributed by atoms with Crippen molar-refractivity contribution >= 4 is 34.7 Å². The van der Waals surface area contributed by atoms with Crippen LogP contribution in [0.5, 0.6) is 0 Å². The molecule has 0 radical (unpaired) electrons. The van der Waals surface area contributed by atoms with E-state index < -0.39 is 5.82 Å². The topological polar surface area (TPSA) is 84.0 Å². The van der Waals surface area contributed by atoms with Crippen molar-refractivity contribution in [3.8, 4) is 0 Å². The molecule has 0 bridgehead atoms. The van der Waals surface area contributed by atoms with E-state index in [4.69, 9.17) is 0 Å². The van der Waals surface area contributed by atoms with Gasteiger partial charge in [-0.1, -0.05) is 24.3 Å². The first-order valence-corrected chi connectivity index (χ1v) is 8.21. The molecule has 1 heterocycles. The lowest BCUT2D eigenvalue weighted by molar-refractivity contribution is 0.100. The van der Waals surface area contributed by atoms with E-state index in [-0.39, 0.29) is 23.3 Å². The molecule has 0 fully saturated rings. The van der Waals surface area contributed by atoms with Gasteiger partial charge in [-0.15, -0.1) is 0 Å². The van der Waals surface area contributed by atoms with Gasteiger partial charge in [0.25, 0.3) is 0 Å². The maximum Gasteiger partial charge on any atom is 0.229 e. The predicted octanol–water partition coefficient (Wildman–Crippen LogP) is 4.51. The van der Waals surface area contributed by atoms with E-state index in [0.29, 0.717) is 22.5 Å². The number of nitrogens with one attached hydrogen (secondary N) is 2. The van der Waals surface area contributed by atoms with Gasteiger partial charge in [0.05, 0.1) is 6.20 Å². The van der Waals surface area contributed by atoms with Gasteiger partial charge in [0.1, 0.15) is 0 Å². The Hall–Kier alpha value is -3.61. The van der Waals surface area contributed by atoms with Crippen molar-refractivity contribution in [2.24, 2.45) is 0 Å². The summed E-state index contributed by atoms with van der Waals surface area (Å²) >= 11 is 0. The molecule has 0 unspecified atom stereocenters. The summed E-state index contributed by atoms with van der Waals surface area (Å²) in [6, 6.07) is 13.6. The Balaban J connectivity index is 1.84. The molecule has 0 amide bonds. The van der Waals surface area contributed by atoms with Crippen LogP contribution in [0.15, 0.2) is 54.7 Å². The highest BCUT2D eigenvalue weighted by Crippen LogP contribution is 2.22. The number of carbonyl (C=O) groups is 2. The van der Waals surface area contributed by atoms with E-state index in [1.165, 1.54) is 13.8 Å². The van der Waals surface area contributed by atoms with Gasteiger partial charge in [-0.3, -0.25) is 9.59 Å². The number of benzene rings is 2. The summed E-state index contributed by atoms with van der Waals surface area (Å²) in [4.78, 5) is 31.0. The lowest BCUT2D eigenvalue weighted by Gasteiger charge is -2.10. The second kappa shape index (κ2) is 7.74. The highest BCUT2D eigenvalue weighted by Gasteiger charge is 2.09. The fraction of sp³-hybridized carbons (Fsp3) is 0.100. The maximum absolute atomic E-state index is 14.1. The lowest BCUT2D eigenvalue weighted by Crippen LogP contribution is -2.04. The van der Waals surface area contributed by atoms with Gasteiger partial charge in [0, 0.05) is 22.5 Å². The summed E-state index contributed by atoms with van der Waals surface area (Å²) in [5.74, 6) is -0.648. The van der Waals surface area contributed by atoms with Crippen molar-refractivity contribution < 1.29 is 14.0 Å². The third kappa shape index (κ3) is 4.52. The number of aromatic nitrogens is 2. The number of carbonyl (C=O) groups excluding carboxylic acids is 2. The smallest absolute Gasteiger partial charge is 0.229 e. The van der Waals surface area contributed by atoms with E-state index >= 15 is 0 Å². The van der Waals surface area contributed by atoms with Crippen molar-refractivity contribution in [2.75, 3.05) is 10.6 Å². The standard InChI is InChI=1S/C20H17FN4O2/c1-12(26)14-5-3-7-16(9-14)23-19-18(21)11-22-20(25-19)24-17-8-4-6-15(10-17)13(2)27/h3-11H,1-2H3,(H2,22,23,24,25). The molecular weight excluding hydrogens is 347 g/mol. The number of ketones is 2. The average molecular weight is 364 g/mol. The lowest BCUT2D eigenvalue weighted by atomic mass is 10.1. The molecule has 1 aromatic heterocycles. The molecule has 0 aliphatic carbocycles. The number of anilines is 4. The first-order valence-electron chi connectivity index (χ1n) is 8.21. The molecule has 7 heteroatoms. The monoisotopic (exact) mass is 364 g/mol. The molecular formula is C20H17FN4O2. The first kappa shape index (κ1) is 18.2. The number of hydrogen-bond donors (Lipinski definition) is 2. The number of Topliss-reactive ketones (excluding diaryl/α,β-unsaturated/α-hetero) is 2. The molecule has 0 spiro atoms. The van der Waals surface area contributed by atoms with Crippen molar-refractivity contribution in [1.29, 1.82) is 0 Å². The van der Waals surface area contributed by atoms with Crippen LogP contribution in [-0.4, -0.2) is 21.5 Å². The SMILES string of the molecule is CC(=O)c1cccc(Nc2ncc(F)c(Nc3cccc(C(C)=O)c3)n2)c1. The minimum Gasteiger partial charge on any atom is -0.338 e. The molecule has 0 saturated heterocycles. The average Bonchev–Trinajstić information content (AvgIpc) is 2.65. The highest BCUT2D eigenvalue weighted by atomic mass is 19.1. The van der Waals surface area contributed by atoms with Crippen LogP contribution in [-0.2, 0) is 0 Å². The van der Waals surface area contributed by atoms with Gasteiger partial charge < -0.3 is 10.6 Å². The largest absolute Gasteiger partial charge is 0.338 e. The van der Waals surface area contributed by atoms with Gasteiger partial charge in [-0.25, -0.2) is 9.37 Å². The number of hydrogen-bond acceptors (Lipinski definition) is 6. The van der Waals surface area contributed by atoms with Gasteiger partial charge >= 0.3 is 0 Å². The van der Waals surface area contributed by atoms with Gasteiger partial charge in [0.15, 0.2) is 23.2 Å². The number of halogens is 1. The van der Waals surface area contributed by atoms with E-state index in [0.717, 1.165) is 6.20 Å². The summed E-state index contributed by atoms with van der Waals surface area (Å²) in [7, 11) is 0. The zero-order valence-corrected chi connectivity index (χ0v) is 14.8. The van der Waals surface area contributed by atoms with Crippen LogP contribution < -0.4 is 10.6 Å². The van der Waals surface area contributed by atoms with Crippen molar-refractivity contribution in [1.82, 2.24) is 9.97 Å². The molecule has 3 aromatic rings. The number of nitrogens with zero attached hydrogens (tertiary/aromatic N) is 2. The number of rotatable bonds is 6. The van der Waals surface area contributed by atoms with Crippen LogP contribution in [0.1, 0.15) is 34.6 Å². The van der Waals surface area contributed by atoms with Gasteiger partial charge in [-0.2, -0.15) is 4.98 Å². The maximum atomic E-state index is 14.1. The van der Waals surface area contributed by atoms with Crippen molar-refractivity contribution in [3.63, 3.8) is 0 Å². The molecule has 2 N–H and O–H groups in total. The normalized spacial score (nSPS) is 10.3. The van der Waals surface area contributed by atoms with Crippen LogP contribution in [0.3, 0.4) is 0 Å². The summed E-state index contributed by atoms with van der Waals surface area (Å²) in [6.07, 6.45) is 1.04. The van der Waals surface area contributed by atoms with Gasteiger partial charge in [-0.05, 0) is 38.1 Å². The molecule has 0 atom stereocenters. The van der Waals surface area contributed by atoms with Crippen LogP contribution in [0.2, 0.25) is 0 Å². The predicted molar refractivity (Wildman–Crippen MR) is 101 cm³/mol. The van der Waals surface area contributed by atoms with E-state index in [9.17, 15) is 14.0 Å². The molecule has 0 aliphatic heterocycles. The van der Waals surface area contributed by atoms with Crippen LogP contribution in [0.25, 0.3) is 0 Å². The zero-order chi connectivity index (χ0) is 19.4. The Morgan fingerprint density at radius 3 is 2.00 bits per heavy atom. The fourth-order valence-corrected chi connectivity index (χ4v) is 2.41. The minimum absolute atomic E-state index is 0.0316. The van der Waals surface area contributed by atoms with E-state index in [2.05, 4.69) is 20.6 Å². The quantitative estimate of drug-likeness (QED) is 0.626. The Bertz CT molecular complexity index is 1020. The van der Waals surface area contributed by atoms with E-state index in [1.54, 1.807) is 48.5 Å². The molecule has 27 heavy (non-hydrogen) atoms. The molecule has 0 saturated carbocycles.